The van der Waals surface area contributed by atoms with Gasteiger partial charge in [-0.1, -0.05) is 52.4 Å². The van der Waals surface area contributed by atoms with Crippen molar-refractivity contribution in [3.63, 3.8) is 0 Å². The predicted octanol–water partition coefficient (Wildman–Crippen LogP) is 0.688. The first-order valence-corrected chi connectivity index (χ1v) is 6.34. The molecule has 1 aromatic carbocycles. The van der Waals surface area contributed by atoms with Crippen LogP contribution in [0, 0.1) is 6.07 Å². The Kier molecular flexibility index (Phi) is 9.70. The molecule has 1 rings (SSSR count). The minimum absolute atomic E-state index is 0. The van der Waals surface area contributed by atoms with Gasteiger partial charge >= 0.3 is 23.1 Å². The molecule has 0 unspecified atom stereocenters. The Bertz CT molecular complexity index is 406. The van der Waals surface area contributed by atoms with Crippen LogP contribution >= 0.6 is 0 Å². The first-order valence-electron chi connectivity index (χ1n) is 6.34. The van der Waals surface area contributed by atoms with Crippen molar-refractivity contribution in [2.75, 3.05) is 13.9 Å². The number of rotatable bonds is 3. The molecule has 2 nitrogen and oxygen atoms in total. The Morgan fingerprint density at radius 1 is 1.05 bits per heavy atom. The molecule has 0 atom stereocenters. The molecule has 1 aromatic rings. The second kappa shape index (κ2) is 8.62. The Labute approximate surface area is 150 Å². The predicted molar refractivity (Wildman–Crippen MR) is 80.9 cm³/mol. The fraction of sp³-hybridized carbons (Fsp3) is 0.625. The van der Waals surface area contributed by atoms with E-state index in [2.05, 4.69) is 53.7 Å². The zero-order chi connectivity index (χ0) is 14.0. The van der Waals surface area contributed by atoms with Gasteiger partial charge in [-0.05, 0) is 0 Å². The van der Waals surface area contributed by atoms with Crippen molar-refractivity contribution < 1.29 is 26.5 Å². The van der Waals surface area contributed by atoms with Crippen LogP contribution in [0.3, 0.4) is 0 Å². The van der Waals surface area contributed by atoms with E-state index in [1.165, 1.54) is 11.1 Å². The molecule has 20 heavy (non-hydrogen) atoms. The standard InChI is InChI=1S/C16H25O2.BrH.Mg/c1-15(2,3)12-8-9-14(18-11-17-7)13(10-12)16(4,5)6;;/h8,10H,11H2,1-7H3;1H;/q-1;;+2/p-1. The molecule has 0 bridgehead atoms. The van der Waals surface area contributed by atoms with Gasteiger partial charge in [-0.25, -0.2) is 0 Å². The summed E-state index contributed by atoms with van der Waals surface area (Å²) < 4.78 is 10.6. The van der Waals surface area contributed by atoms with Gasteiger partial charge < -0.3 is 26.5 Å². The third-order valence-corrected chi connectivity index (χ3v) is 2.90. The summed E-state index contributed by atoms with van der Waals surface area (Å²) in [4.78, 5) is 0. The minimum atomic E-state index is 0. The van der Waals surface area contributed by atoms with E-state index in [1.54, 1.807) is 7.11 Å². The summed E-state index contributed by atoms with van der Waals surface area (Å²) in [6, 6.07) is 7.49. The van der Waals surface area contributed by atoms with Crippen LogP contribution < -0.4 is 21.7 Å². The summed E-state index contributed by atoms with van der Waals surface area (Å²) in [7, 11) is 1.63. The van der Waals surface area contributed by atoms with E-state index in [0.29, 0.717) is 0 Å². The number of benzene rings is 1. The molecule has 0 spiro atoms. The van der Waals surface area contributed by atoms with E-state index < -0.39 is 0 Å². The van der Waals surface area contributed by atoms with E-state index >= 15 is 0 Å². The van der Waals surface area contributed by atoms with Gasteiger partial charge in [0.1, 0.15) is 0 Å². The van der Waals surface area contributed by atoms with Crippen molar-refractivity contribution in [1.29, 1.82) is 0 Å². The smallest absolute Gasteiger partial charge is 1.00 e. The Hall–Kier alpha value is 0.226. The molecule has 4 heteroatoms. The van der Waals surface area contributed by atoms with Crippen LogP contribution in [0.5, 0.6) is 5.75 Å². The topological polar surface area (TPSA) is 18.5 Å². The third-order valence-electron chi connectivity index (χ3n) is 2.90. The minimum Gasteiger partial charge on any atom is -1.00 e. The molecular weight excluding hydrogens is 328 g/mol. The zero-order valence-electron chi connectivity index (χ0n) is 13.8. The molecule has 0 aromatic heterocycles. The van der Waals surface area contributed by atoms with Gasteiger partial charge in [0.05, 0.1) is 0 Å². The second-order valence-electron chi connectivity index (χ2n) is 6.68. The van der Waals surface area contributed by atoms with Gasteiger partial charge in [0.2, 0.25) is 0 Å². The van der Waals surface area contributed by atoms with Crippen LogP contribution in [-0.4, -0.2) is 37.0 Å². The third kappa shape index (κ3) is 6.33. The van der Waals surface area contributed by atoms with Crippen LogP contribution in [0.2, 0.25) is 0 Å². The maximum atomic E-state index is 5.60. The molecule has 0 aliphatic carbocycles. The maximum absolute atomic E-state index is 5.60. The fourth-order valence-electron chi connectivity index (χ4n) is 1.71. The number of methoxy groups -OCH3 is 1. The second-order valence-corrected chi connectivity index (χ2v) is 6.68. The number of halogens is 1. The quantitative estimate of drug-likeness (QED) is 0.452. The summed E-state index contributed by atoms with van der Waals surface area (Å²) in [6.45, 7) is 13.4. The molecule has 0 amide bonds. The molecule has 110 valence electrons. The van der Waals surface area contributed by atoms with Crippen LogP contribution in [0.25, 0.3) is 0 Å². The molecule has 0 saturated heterocycles. The van der Waals surface area contributed by atoms with Crippen LogP contribution in [0.1, 0.15) is 52.7 Å². The first kappa shape index (κ1) is 22.5. The number of hydrogen-bond acceptors (Lipinski definition) is 2. The Morgan fingerprint density at radius 2 is 1.60 bits per heavy atom. The fourth-order valence-corrected chi connectivity index (χ4v) is 1.71. The van der Waals surface area contributed by atoms with Crippen molar-refractivity contribution in [1.82, 2.24) is 0 Å². The summed E-state index contributed by atoms with van der Waals surface area (Å²) in [5.74, 6) is 0.789. The van der Waals surface area contributed by atoms with Crippen molar-refractivity contribution in [2.24, 2.45) is 0 Å². The summed E-state index contributed by atoms with van der Waals surface area (Å²) in [5, 5.41) is 0. The molecule has 0 fully saturated rings. The SMILES string of the molecule is COCOc1[c-]cc(C(C)(C)C)cc1C(C)(C)C.[Br-].[Mg+2]. The van der Waals surface area contributed by atoms with Gasteiger partial charge in [-0.15, -0.1) is 11.6 Å². The number of ether oxygens (including phenoxy) is 2. The van der Waals surface area contributed by atoms with Gasteiger partial charge in [0.25, 0.3) is 0 Å². The molecule has 0 heterocycles. The summed E-state index contributed by atoms with van der Waals surface area (Å²) in [6.07, 6.45) is 0. The summed E-state index contributed by atoms with van der Waals surface area (Å²) in [5.41, 5.74) is 2.60. The van der Waals surface area contributed by atoms with E-state index in [-0.39, 0.29) is 57.7 Å². The van der Waals surface area contributed by atoms with Gasteiger partial charge in [-0.3, -0.25) is 0 Å². The van der Waals surface area contributed by atoms with Crippen molar-refractivity contribution >= 4 is 23.1 Å². The molecule has 0 aliphatic heterocycles. The van der Waals surface area contributed by atoms with Gasteiger partial charge in [-0.2, -0.15) is 17.7 Å². The monoisotopic (exact) mass is 352 g/mol. The molecule has 0 N–H and O–H groups in total. The summed E-state index contributed by atoms with van der Waals surface area (Å²) >= 11 is 0. The maximum Gasteiger partial charge on any atom is 2.00 e. The molecular formula is C16H25BrMgO2. The molecule has 0 aliphatic rings. The first-order chi connectivity index (χ1) is 8.16. The van der Waals surface area contributed by atoms with E-state index in [4.69, 9.17) is 9.47 Å². The molecule has 0 saturated carbocycles. The Balaban J connectivity index is 0. The average molecular weight is 354 g/mol. The van der Waals surface area contributed by atoms with E-state index in [0.717, 1.165) is 5.75 Å². The van der Waals surface area contributed by atoms with Gasteiger partial charge in [0, 0.05) is 12.9 Å². The van der Waals surface area contributed by atoms with Gasteiger partial charge in [0.15, 0.2) is 6.79 Å². The zero-order valence-corrected chi connectivity index (χ0v) is 16.8. The van der Waals surface area contributed by atoms with Crippen molar-refractivity contribution in [3.05, 3.63) is 29.3 Å². The van der Waals surface area contributed by atoms with Crippen LogP contribution in [-0.2, 0) is 15.6 Å². The van der Waals surface area contributed by atoms with Crippen LogP contribution in [0.4, 0.5) is 0 Å². The largest absolute Gasteiger partial charge is 2.00 e. The Morgan fingerprint density at radius 3 is 2.00 bits per heavy atom. The number of hydrogen-bond donors (Lipinski definition) is 0. The van der Waals surface area contributed by atoms with Crippen molar-refractivity contribution in [3.8, 4) is 5.75 Å². The molecule has 0 radical (unpaired) electrons. The van der Waals surface area contributed by atoms with Crippen LogP contribution in [0.15, 0.2) is 12.1 Å². The normalized spacial score (nSPS) is 11.3. The van der Waals surface area contributed by atoms with Crippen molar-refractivity contribution in [2.45, 2.75) is 52.4 Å². The average Bonchev–Trinajstić information content (AvgIpc) is 2.23. The van der Waals surface area contributed by atoms with E-state index in [1.807, 2.05) is 6.07 Å². The van der Waals surface area contributed by atoms with E-state index in [9.17, 15) is 0 Å².